The molecule has 0 fully saturated rings. The molecule has 0 radical (unpaired) electrons. The second-order valence-electron chi connectivity index (χ2n) is 3.79. The molecule has 0 spiro atoms. The van der Waals surface area contributed by atoms with Crippen molar-refractivity contribution >= 4 is 13.5 Å². The molecule has 1 aromatic rings. The summed E-state index contributed by atoms with van der Waals surface area (Å²) in [5, 5.41) is 0. The highest BCUT2D eigenvalue weighted by Gasteiger charge is 2.35. The van der Waals surface area contributed by atoms with Crippen LogP contribution in [0.15, 0.2) is 24.3 Å². The van der Waals surface area contributed by atoms with E-state index in [1.807, 2.05) is 0 Å². The predicted molar refractivity (Wildman–Crippen MR) is 67.0 cm³/mol. The SMILES string of the molecule is COc1ccc(C[P+](O)(O)CC(=O)CN)cc1. The van der Waals surface area contributed by atoms with Crippen LogP contribution in [-0.4, -0.2) is 35.4 Å². The van der Waals surface area contributed by atoms with Gasteiger partial charge < -0.3 is 10.5 Å². The largest absolute Gasteiger partial charge is 0.497 e. The fraction of sp³-hybridized carbons (Fsp3) is 0.364. The zero-order valence-corrected chi connectivity index (χ0v) is 10.6. The van der Waals surface area contributed by atoms with Crippen molar-refractivity contribution in [1.29, 1.82) is 0 Å². The number of hydrogen-bond donors (Lipinski definition) is 3. The molecule has 0 aliphatic carbocycles. The van der Waals surface area contributed by atoms with Gasteiger partial charge in [-0.1, -0.05) is 12.1 Å². The third-order valence-corrected chi connectivity index (χ3v) is 3.98. The standard InChI is InChI=1S/C11H17NO4P/c1-16-11-4-2-9(3-5-11)7-17(14,15)8-10(13)6-12/h2-5,14-15H,6-8,12H2,1H3/q+1. The summed E-state index contributed by atoms with van der Waals surface area (Å²) in [6, 6.07) is 6.96. The van der Waals surface area contributed by atoms with E-state index < -0.39 is 7.72 Å². The molecular formula is C11H17NO4P+. The van der Waals surface area contributed by atoms with Gasteiger partial charge in [-0.2, -0.15) is 0 Å². The Balaban J connectivity index is 2.65. The van der Waals surface area contributed by atoms with Crippen molar-refractivity contribution in [2.24, 2.45) is 5.73 Å². The lowest BCUT2D eigenvalue weighted by Crippen LogP contribution is -2.19. The van der Waals surface area contributed by atoms with E-state index in [0.29, 0.717) is 5.75 Å². The lowest BCUT2D eigenvalue weighted by atomic mass is 10.2. The molecule has 0 aromatic heterocycles. The number of ketones is 1. The Hall–Kier alpha value is -1.00. The first-order chi connectivity index (χ1) is 7.96. The van der Waals surface area contributed by atoms with Crippen LogP contribution < -0.4 is 10.5 Å². The average molecular weight is 258 g/mol. The van der Waals surface area contributed by atoms with Gasteiger partial charge in [-0.15, -0.1) is 0 Å². The second kappa shape index (κ2) is 6.07. The van der Waals surface area contributed by atoms with E-state index in [1.54, 1.807) is 31.4 Å². The maximum atomic E-state index is 11.1. The molecule has 94 valence electrons. The number of hydrogen-bond acceptors (Lipinski definition) is 5. The molecule has 0 saturated heterocycles. The summed E-state index contributed by atoms with van der Waals surface area (Å²) >= 11 is 0. The third kappa shape index (κ3) is 4.79. The van der Waals surface area contributed by atoms with Crippen LogP contribution in [0.4, 0.5) is 0 Å². The van der Waals surface area contributed by atoms with Gasteiger partial charge in [0.25, 0.3) is 7.72 Å². The molecule has 0 bridgehead atoms. The molecule has 1 rings (SSSR count). The average Bonchev–Trinajstić information content (AvgIpc) is 2.28. The van der Waals surface area contributed by atoms with Gasteiger partial charge in [0.15, 0.2) is 11.9 Å². The summed E-state index contributed by atoms with van der Waals surface area (Å²) in [4.78, 5) is 30.6. The highest BCUT2D eigenvalue weighted by atomic mass is 31.2. The van der Waals surface area contributed by atoms with Crippen LogP contribution in [0.2, 0.25) is 0 Å². The quantitative estimate of drug-likeness (QED) is 0.648. The number of Topliss-reactive ketones (excluding diaryl/α,β-unsaturated/α-hetero) is 1. The van der Waals surface area contributed by atoms with Crippen LogP contribution in [0.25, 0.3) is 0 Å². The van der Waals surface area contributed by atoms with Crippen molar-refractivity contribution in [3.8, 4) is 5.75 Å². The Morgan fingerprint density at radius 1 is 1.35 bits per heavy atom. The van der Waals surface area contributed by atoms with E-state index >= 15 is 0 Å². The van der Waals surface area contributed by atoms with Gasteiger partial charge >= 0.3 is 0 Å². The molecule has 17 heavy (non-hydrogen) atoms. The molecule has 6 heteroatoms. The number of ether oxygens (including phenoxy) is 1. The van der Waals surface area contributed by atoms with Crippen molar-refractivity contribution in [3.63, 3.8) is 0 Å². The van der Waals surface area contributed by atoms with Crippen molar-refractivity contribution in [3.05, 3.63) is 29.8 Å². The van der Waals surface area contributed by atoms with Gasteiger partial charge in [0.2, 0.25) is 0 Å². The third-order valence-electron chi connectivity index (χ3n) is 2.25. The molecule has 4 N–H and O–H groups in total. The molecule has 0 amide bonds. The molecule has 5 nitrogen and oxygen atoms in total. The van der Waals surface area contributed by atoms with Gasteiger partial charge in [0.05, 0.1) is 13.7 Å². The lowest BCUT2D eigenvalue weighted by Gasteiger charge is -2.11. The van der Waals surface area contributed by atoms with Crippen LogP contribution in [0, 0.1) is 0 Å². The summed E-state index contributed by atoms with van der Waals surface area (Å²) in [5.74, 6) is 0.364. The number of benzene rings is 1. The van der Waals surface area contributed by atoms with Crippen LogP contribution in [0.1, 0.15) is 5.56 Å². The van der Waals surface area contributed by atoms with Gasteiger partial charge in [-0.25, -0.2) is 9.79 Å². The maximum Gasteiger partial charge on any atom is 0.279 e. The Kier molecular flexibility index (Phi) is 5.02. The normalized spacial score (nSPS) is 11.3. The van der Waals surface area contributed by atoms with E-state index in [9.17, 15) is 14.6 Å². The molecule has 0 unspecified atom stereocenters. The highest BCUT2D eigenvalue weighted by Crippen LogP contribution is 2.52. The number of carbonyl (C=O) groups is 1. The Bertz CT molecular complexity index is 378. The topological polar surface area (TPSA) is 92.8 Å². The number of carbonyl (C=O) groups excluding carboxylic acids is 1. The summed E-state index contributed by atoms with van der Waals surface area (Å²) in [6.45, 7) is -0.161. The fourth-order valence-corrected chi connectivity index (χ4v) is 3.03. The maximum absolute atomic E-state index is 11.1. The van der Waals surface area contributed by atoms with Gasteiger partial charge in [-0.05, 0) is 17.7 Å². The van der Waals surface area contributed by atoms with Gasteiger partial charge in [0, 0.05) is 0 Å². The molecule has 0 heterocycles. The van der Waals surface area contributed by atoms with Crippen LogP contribution in [0.3, 0.4) is 0 Å². The van der Waals surface area contributed by atoms with E-state index in [2.05, 4.69) is 0 Å². The first-order valence-corrected chi connectivity index (χ1v) is 7.20. The fourth-order valence-electron chi connectivity index (χ4n) is 1.43. The Morgan fingerprint density at radius 2 is 1.94 bits per heavy atom. The van der Waals surface area contributed by atoms with E-state index in [0.717, 1.165) is 5.56 Å². The van der Waals surface area contributed by atoms with Crippen molar-refractivity contribution in [1.82, 2.24) is 0 Å². The minimum absolute atomic E-state index is 0.0860. The Morgan fingerprint density at radius 3 is 2.41 bits per heavy atom. The first-order valence-electron chi connectivity index (χ1n) is 5.14. The Labute approximate surface area is 101 Å². The molecule has 1 aromatic carbocycles. The molecule has 0 aliphatic rings. The van der Waals surface area contributed by atoms with Crippen molar-refractivity contribution in [2.75, 3.05) is 19.8 Å². The zero-order chi connectivity index (χ0) is 12.9. The minimum atomic E-state index is -3.23. The molecular weight excluding hydrogens is 241 g/mol. The van der Waals surface area contributed by atoms with E-state index in [4.69, 9.17) is 10.5 Å². The predicted octanol–water partition coefficient (Wildman–Crippen LogP) is 0.555. The second-order valence-corrected chi connectivity index (χ2v) is 6.18. The van der Waals surface area contributed by atoms with E-state index in [1.165, 1.54) is 0 Å². The van der Waals surface area contributed by atoms with Gasteiger partial charge in [0.1, 0.15) is 11.9 Å². The summed E-state index contributed by atoms with van der Waals surface area (Å²) < 4.78 is 4.99. The highest BCUT2D eigenvalue weighted by molar-refractivity contribution is 7.64. The van der Waals surface area contributed by atoms with Crippen LogP contribution >= 0.6 is 7.72 Å². The number of rotatable bonds is 6. The number of methoxy groups -OCH3 is 1. The zero-order valence-electron chi connectivity index (χ0n) is 9.67. The smallest absolute Gasteiger partial charge is 0.279 e. The van der Waals surface area contributed by atoms with Crippen LogP contribution in [0.5, 0.6) is 5.75 Å². The van der Waals surface area contributed by atoms with Crippen molar-refractivity contribution in [2.45, 2.75) is 6.16 Å². The summed E-state index contributed by atoms with van der Waals surface area (Å²) in [6.07, 6.45) is -0.168. The monoisotopic (exact) mass is 258 g/mol. The molecule has 0 aliphatic heterocycles. The molecule has 0 atom stereocenters. The summed E-state index contributed by atoms with van der Waals surface area (Å²) in [5.41, 5.74) is 5.90. The minimum Gasteiger partial charge on any atom is -0.497 e. The number of nitrogens with two attached hydrogens (primary N) is 1. The molecule has 0 saturated carbocycles. The van der Waals surface area contributed by atoms with Gasteiger partial charge in [-0.3, -0.25) is 4.79 Å². The first kappa shape index (κ1) is 14.1. The lowest BCUT2D eigenvalue weighted by molar-refractivity contribution is -0.115. The summed E-state index contributed by atoms with van der Waals surface area (Å²) in [7, 11) is -1.67. The van der Waals surface area contributed by atoms with Crippen LogP contribution in [-0.2, 0) is 11.0 Å². The van der Waals surface area contributed by atoms with E-state index in [-0.39, 0.29) is 24.7 Å². The van der Waals surface area contributed by atoms with Crippen molar-refractivity contribution < 1.29 is 19.3 Å².